The maximum absolute atomic E-state index is 6.05. The summed E-state index contributed by atoms with van der Waals surface area (Å²) in [5, 5.41) is 17.7. The zero-order valence-electron chi connectivity index (χ0n) is 10.1. The van der Waals surface area contributed by atoms with Gasteiger partial charge in [0.1, 0.15) is 5.75 Å². The summed E-state index contributed by atoms with van der Waals surface area (Å²) in [5.41, 5.74) is 1.07. The van der Waals surface area contributed by atoms with Crippen molar-refractivity contribution >= 4 is 11.6 Å². The molecule has 96 valence electrons. The van der Waals surface area contributed by atoms with Crippen LogP contribution in [0.5, 0.6) is 5.75 Å². The third kappa shape index (κ3) is 2.96. The molecule has 1 heterocycles. The second-order valence-corrected chi connectivity index (χ2v) is 4.25. The van der Waals surface area contributed by atoms with E-state index in [-0.39, 0.29) is 6.04 Å². The predicted molar refractivity (Wildman–Crippen MR) is 67.4 cm³/mol. The number of tetrazole rings is 1. The number of ether oxygens (including phenoxy) is 1. The maximum atomic E-state index is 6.05. The van der Waals surface area contributed by atoms with Crippen LogP contribution in [0.1, 0.15) is 24.4 Å². The first-order valence-electron chi connectivity index (χ1n) is 5.50. The van der Waals surface area contributed by atoms with E-state index in [1.54, 1.807) is 7.11 Å². The molecular formula is C11H14ClN5O. The molecule has 0 saturated heterocycles. The number of aromatic nitrogens is 4. The van der Waals surface area contributed by atoms with Crippen LogP contribution in [0.3, 0.4) is 0 Å². The van der Waals surface area contributed by atoms with Gasteiger partial charge in [0.2, 0.25) is 0 Å². The molecule has 0 saturated carbocycles. The van der Waals surface area contributed by atoms with Gasteiger partial charge in [-0.05, 0) is 24.6 Å². The van der Waals surface area contributed by atoms with E-state index in [0.29, 0.717) is 23.1 Å². The molecule has 0 fully saturated rings. The monoisotopic (exact) mass is 267 g/mol. The topological polar surface area (TPSA) is 75.7 Å². The van der Waals surface area contributed by atoms with Crippen molar-refractivity contribution in [1.82, 2.24) is 25.9 Å². The van der Waals surface area contributed by atoms with Crippen LogP contribution in [0.25, 0.3) is 0 Å². The fourth-order valence-electron chi connectivity index (χ4n) is 1.54. The second-order valence-electron chi connectivity index (χ2n) is 3.84. The van der Waals surface area contributed by atoms with Crippen molar-refractivity contribution in [2.24, 2.45) is 0 Å². The Kier molecular flexibility index (Phi) is 4.11. The Hall–Kier alpha value is -1.66. The molecule has 0 bridgehead atoms. The van der Waals surface area contributed by atoms with Crippen molar-refractivity contribution in [2.75, 3.05) is 7.11 Å². The first-order chi connectivity index (χ1) is 8.70. The number of rotatable bonds is 5. The lowest BCUT2D eigenvalue weighted by atomic mass is 10.2. The number of halogens is 1. The lowest BCUT2D eigenvalue weighted by molar-refractivity contribution is 0.414. The molecule has 1 unspecified atom stereocenters. The average Bonchev–Trinajstić information content (AvgIpc) is 2.90. The third-order valence-electron chi connectivity index (χ3n) is 2.58. The summed E-state index contributed by atoms with van der Waals surface area (Å²) in [4.78, 5) is 0. The van der Waals surface area contributed by atoms with E-state index in [1.807, 2.05) is 25.1 Å². The Morgan fingerprint density at radius 2 is 2.33 bits per heavy atom. The fourth-order valence-corrected chi connectivity index (χ4v) is 1.82. The molecule has 2 aromatic rings. The minimum Gasteiger partial charge on any atom is -0.495 e. The molecule has 0 aliphatic rings. The molecule has 0 radical (unpaired) electrons. The summed E-state index contributed by atoms with van der Waals surface area (Å²) < 4.78 is 5.10. The van der Waals surface area contributed by atoms with Crippen LogP contribution in [-0.2, 0) is 6.54 Å². The molecule has 7 heteroatoms. The SMILES string of the molecule is COc1ccc(CNC(C)c2nn[nH]n2)cc1Cl. The van der Waals surface area contributed by atoms with Crippen LogP contribution in [0.2, 0.25) is 5.02 Å². The Bertz CT molecular complexity index is 502. The Morgan fingerprint density at radius 1 is 1.50 bits per heavy atom. The molecule has 1 aromatic carbocycles. The molecule has 0 aliphatic carbocycles. The van der Waals surface area contributed by atoms with Gasteiger partial charge in [-0.1, -0.05) is 22.9 Å². The quantitative estimate of drug-likeness (QED) is 0.863. The van der Waals surface area contributed by atoms with Crippen molar-refractivity contribution in [3.8, 4) is 5.75 Å². The third-order valence-corrected chi connectivity index (χ3v) is 2.87. The summed E-state index contributed by atoms with van der Waals surface area (Å²) in [6.45, 7) is 2.63. The van der Waals surface area contributed by atoms with Crippen molar-refractivity contribution in [1.29, 1.82) is 0 Å². The highest BCUT2D eigenvalue weighted by molar-refractivity contribution is 6.32. The first kappa shape index (κ1) is 12.8. The highest BCUT2D eigenvalue weighted by Crippen LogP contribution is 2.25. The smallest absolute Gasteiger partial charge is 0.191 e. The van der Waals surface area contributed by atoms with Gasteiger partial charge < -0.3 is 10.1 Å². The number of benzene rings is 1. The highest BCUT2D eigenvalue weighted by atomic mass is 35.5. The molecule has 0 aliphatic heterocycles. The number of nitrogens with zero attached hydrogens (tertiary/aromatic N) is 3. The number of H-pyrrole nitrogens is 1. The summed E-state index contributed by atoms with van der Waals surface area (Å²) in [7, 11) is 1.59. The molecule has 0 spiro atoms. The standard InChI is InChI=1S/C11H14ClN5O/c1-7(11-14-16-17-15-11)13-6-8-3-4-10(18-2)9(12)5-8/h3-5,7,13H,6H2,1-2H3,(H,14,15,16,17). The molecule has 1 aromatic heterocycles. The van der Waals surface area contributed by atoms with Crippen LogP contribution in [0.15, 0.2) is 18.2 Å². The van der Waals surface area contributed by atoms with Gasteiger partial charge in [0.25, 0.3) is 0 Å². The fraction of sp³-hybridized carbons (Fsp3) is 0.364. The lowest BCUT2D eigenvalue weighted by Crippen LogP contribution is -2.19. The van der Waals surface area contributed by atoms with E-state index in [0.717, 1.165) is 5.56 Å². The highest BCUT2D eigenvalue weighted by Gasteiger charge is 2.09. The van der Waals surface area contributed by atoms with E-state index in [4.69, 9.17) is 16.3 Å². The van der Waals surface area contributed by atoms with Gasteiger partial charge in [0.15, 0.2) is 5.82 Å². The summed E-state index contributed by atoms with van der Waals surface area (Å²) >= 11 is 6.05. The van der Waals surface area contributed by atoms with E-state index >= 15 is 0 Å². The molecule has 1 atom stereocenters. The normalized spacial score (nSPS) is 12.4. The number of nitrogens with one attached hydrogen (secondary N) is 2. The van der Waals surface area contributed by atoms with Gasteiger partial charge in [-0.15, -0.1) is 10.2 Å². The summed E-state index contributed by atoms with van der Waals surface area (Å²) in [6.07, 6.45) is 0. The largest absolute Gasteiger partial charge is 0.495 e. The number of hydrogen-bond donors (Lipinski definition) is 2. The average molecular weight is 268 g/mol. The Labute approximate surface area is 110 Å². The van der Waals surface area contributed by atoms with E-state index < -0.39 is 0 Å². The molecule has 18 heavy (non-hydrogen) atoms. The van der Waals surface area contributed by atoms with Gasteiger partial charge in [0, 0.05) is 6.54 Å². The van der Waals surface area contributed by atoms with Crippen LogP contribution in [-0.4, -0.2) is 27.7 Å². The minimum atomic E-state index is 0.0182. The van der Waals surface area contributed by atoms with Gasteiger partial charge in [-0.2, -0.15) is 5.21 Å². The summed E-state index contributed by atoms with van der Waals surface area (Å²) in [6, 6.07) is 5.69. The van der Waals surface area contributed by atoms with E-state index in [9.17, 15) is 0 Å². The van der Waals surface area contributed by atoms with Crippen molar-refractivity contribution in [2.45, 2.75) is 19.5 Å². The zero-order chi connectivity index (χ0) is 13.0. The molecule has 2 N–H and O–H groups in total. The molecule has 0 amide bonds. The Balaban J connectivity index is 1.96. The molecule has 2 rings (SSSR count). The lowest BCUT2D eigenvalue weighted by Gasteiger charge is -2.11. The van der Waals surface area contributed by atoms with Crippen molar-refractivity contribution < 1.29 is 4.74 Å². The Morgan fingerprint density at radius 3 is 2.94 bits per heavy atom. The zero-order valence-corrected chi connectivity index (χ0v) is 10.9. The van der Waals surface area contributed by atoms with E-state index in [2.05, 4.69) is 25.9 Å². The minimum absolute atomic E-state index is 0.0182. The maximum Gasteiger partial charge on any atom is 0.191 e. The van der Waals surface area contributed by atoms with Crippen LogP contribution in [0.4, 0.5) is 0 Å². The van der Waals surface area contributed by atoms with Crippen LogP contribution >= 0.6 is 11.6 Å². The van der Waals surface area contributed by atoms with Gasteiger partial charge in [0.05, 0.1) is 18.2 Å². The van der Waals surface area contributed by atoms with Crippen LogP contribution < -0.4 is 10.1 Å². The number of aromatic amines is 1. The number of hydrogen-bond acceptors (Lipinski definition) is 5. The first-order valence-corrected chi connectivity index (χ1v) is 5.87. The predicted octanol–water partition coefficient (Wildman–Crippen LogP) is 1.71. The number of methoxy groups -OCH3 is 1. The second kappa shape index (κ2) is 5.79. The summed E-state index contributed by atoms with van der Waals surface area (Å²) in [5.74, 6) is 1.31. The van der Waals surface area contributed by atoms with Gasteiger partial charge in [-0.3, -0.25) is 0 Å². The van der Waals surface area contributed by atoms with Gasteiger partial charge in [-0.25, -0.2) is 0 Å². The molecule has 6 nitrogen and oxygen atoms in total. The molecular weight excluding hydrogens is 254 g/mol. The van der Waals surface area contributed by atoms with Crippen molar-refractivity contribution in [3.05, 3.63) is 34.6 Å². The van der Waals surface area contributed by atoms with Crippen molar-refractivity contribution in [3.63, 3.8) is 0 Å². The van der Waals surface area contributed by atoms with Crippen LogP contribution in [0, 0.1) is 0 Å². The van der Waals surface area contributed by atoms with Gasteiger partial charge >= 0.3 is 0 Å². The van der Waals surface area contributed by atoms with E-state index in [1.165, 1.54) is 0 Å².